The number of amides is 2. The SMILES string of the molecule is COC(=O)Nc1ccc(NC(=O)OC)c2c1C(=O)c1ccccc1C2=O. The number of carbonyl (C=O) groups excluding carboxylic acids is 4. The molecule has 0 unspecified atom stereocenters. The molecule has 0 spiro atoms. The molecule has 0 bridgehead atoms. The number of rotatable bonds is 2. The number of nitrogens with one attached hydrogen (secondary N) is 2. The molecule has 2 amide bonds. The minimum absolute atomic E-state index is 0.0204. The topological polar surface area (TPSA) is 111 Å². The maximum absolute atomic E-state index is 13.0. The summed E-state index contributed by atoms with van der Waals surface area (Å²) in [5, 5.41) is 4.84. The first-order chi connectivity index (χ1) is 12.5. The predicted molar refractivity (Wildman–Crippen MR) is 91.8 cm³/mol. The summed E-state index contributed by atoms with van der Waals surface area (Å²) in [6, 6.07) is 9.14. The number of anilines is 2. The number of ether oxygens (including phenoxy) is 2. The van der Waals surface area contributed by atoms with Gasteiger partial charge in [-0.25, -0.2) is 9.59 Å². The third-order valence-electron chi connectivity index (χ3n) is 3.92. The van der Waals surface area contributed by atoms with Gasteiger partial charge in [0.2, 0.25) is 0 Å². The van der Waals surface area contributed by atoms with E-state index in [1.54, 1.807) is 12.1 Å². The zero-order valence-corrected chi connectivity index (χ0v) is 13.9. The van der Waals surface area contributed by atoms with Crippen molar-refractivity contribution in [2.24, 2.45) is 0 Å². The lowest BCUT2D eigenvalue weighted by Crippen LogP contribution is -2.26. The molecule has 0 radical (unpaired) electrons. The van der Waals surface area contributed by atoms with Crippen molar-refractivity contribution in [3.8, 4) is 0 Å². The van der Waals surface area contributed by atoms with Crippen LogP contribution in [0.5, 0.6) is 0 Å². The van der Waals surface area contributed by atoms with Crippen LogP contribution in [0, 0.1) is 0 Å². The maximum atomic E-state index is 13.0. The molecule has 132 valence electrons. The molecule has 1 aliphatic rings. The molecule has 0 atom stereocenters. The monoisotopic (exact) mass is 354 g/mol. The molecule has 1 aliphatic carbocycles. The minimum Gasteiger partial charge on any atom is -0.453 e. The second-order valence-corrected chi connectivity index (χ2v) is 5.35. The highest BCUT2D eigenvalue weighted by atomic mass is 16.5. The molecule has 26 heavy (non-hydrogen) atoms. The van der Waals surface area contributed by atoms with Gasteiger partial charge in [0.1, 0.15) is 0 Å². The Hall–Kier alpha value is -3.68. The first kappa shape index (κ1) is 17.2. The van der Waals surface area contributed by atoms with Crippen molar-refractivity contribution < 1.29 is 28.7 Å². The van der Waals surface area contributed by atoms with E-state index in [0.717, 1.165) is 0 Å². The van der Waals surface area contributed by atoms with Gasteiger partial charge < -0.3 is 9.47 Å². The van der Waals surface area contributed by atoms with Crippen LogP contribution in [-0.4, -0.2) is 38.0 Å². The first-order valence-electron chi connectivity index (χ1n) is 7.53. The highest BCUT2D eigenvalue weighted by Crippen LogP contribution is 2.36. The van der Waals surface area contributed by atoms with Crippen LogP contribution in [0.3, 0.4) is 0 Å². The van der Waals surface area contributed by atoms with Gasteiger partial charge in [0.15, 0.2) is 11.6 Å². The Balaban J connectivity index is 2.23. The third kappa shape index (κ3) is 2.77. The van der Waals surface area contributed by atoms with Crippen molar-refractivity contribution >= 4 is 35.1 Å². The van der Waals surface area contributed by atoms with Crippen LogP contribution in [0.4, 0.5) is 21.0 Å². The smallest absolute Gasteiger partial charge is 0.411 e. The summed E-state index contributed by atoms with van der Waals surface area (Å²) >= 11 is 0. The van der Waals surface area contributed by atoms with Crippen LogP contribution in [0.1, 0.15) is 31.8 Å². The second-order valence-electron chi connectivity index (χ2n) is 5.35. The van der Waals surface area contributed by atoms with E-state index in [2.05, 4.69) is 20.1 Å². The van der Waals surface area contributed by atoms with Crippen molar-refractivity contribution in [2.45, 2.75) is 0 Å². The van der Waals surface area contributed by atoms with Crippen LogP contribution >= 0.6 is 0 Å². The lowest BCUT2D eigenvalue weighted by atomic mass is 9.82. The molecule has 0 heterocycles. The molecule has 3 rings (SSSR count). The average Bonchev–Trinajstić information content (AvgIpc) is 2.66. The van der Waals surface area contributed by atoms with Crippen molar-refractivity contribution in [1.82, 2.24) is 0 Å². The van der Waals surface area contributed by atoms with E-state index in [1.165, 1.54) is 38.5 Å². The minimum atomic E-state index is -0.792. The Kier molecular flexibility index (Phi) is 4.40. The molecule has 0 aromatic heterocycles. The van der Waals surface area contributed by atoms with E-state index in [4.69, 9.17) is 0 Å². The Labute approximate surface area is 148 Å². The molecule has 2 aromatic carbocycles. The molecule has 8 heteroatoms. The van der Waals surface area contributed by atoms with Crippen LogP contribution in [0.2, 0.25) is 0 Å². The maximum Gasteiger partial charge on any atom is 0.411 e. The van der Waals surface area contributed by atoms with Gasteiger partial charge in [-0.2, -0.15) is 0 Å². The summed E-state index contributed by atoms with van der Waals surface area (Å²) in [5.74, 6) is -0.898. The van der Waals surface area contributed by atoms with Crippen LogP contribution < -0.4 is 10.6 Å². The standard InChI is InChI=1S/C18H14N2O6/c1-25-17(23)19-11-7-8-12(20-18(24)26-2)14-13(11)15(21)9-5-3-4-6-10(9)16(14)22/h3-8H,1-2H3,(H,19,23)(H,20,24). The Morgan fingerprint density at radius 3 is 1.46 bits per heavy atom. The van der Waals surface area contributed by atoms with E-state index in [-0.39, 0.29) is 33.6 Å². The van der Waals surface area contributed by atoms with Gasteiger partial charge >= 0.3 is 12.2 Å². The summed E-state index contributed by atoms with van der Waals surface area (Å²) < 4.78 is 9.11. The predicted octanol–water partition coefficient (Wildman–Crippen LogP) is 2.82. The van der Waals surface area contributed by atoms with Crippen LogP contribution in [-0.2, 0) is 9.47 Å². The largest absolute Gasteiger partial charge is 0.453 e. The lowest BCUT2D eigenvalue weighted by molar-refractivity contribution is 0.0980. The Bertz CT molecular complexity index is 875. The number of hydrogen-bond acceptors (Lipinski definition) is 6. The quantitative estimate of drug-likeness (QED) is 0.732. The van der Waals surface area contributed by atoms with E-state index in [9.17, 15) is 19.2 Å². The van der Waals surface area contributed by atoms with Gasteiger partial charge in [0, 0.05) is 11.1 Å². The summed E-state index contributed by atoms with van der Waals surface area (Å²) in [7, 11) is 2.36. The molecule has 2 N–H and O–H groups in total. The number of ketones is 2. The average molecular weight is 354 g/mol. The normalized spacial score (nSPS) is 11.9. The molecule has 2 aromatic rings. The number of benzene rings is 2. The summed E-state index contributed by atoms with van der Waals surface area (Å²) in [4.78, 5) is 49.1. The number of fused-ring (bicyclic) bond motifs is 2. The fourth-order valence-electron chi connectivity index (χ4n) is 2.75. The van der Waals surface area contributed by atoms with Crippen LogP contribution in [0.15, 0.2) is 36.4 Å². The second kappa shape index (κ2) is 6.67. The number of carbonyl (C=O) groups is 4. The zero-order valence-electron chi connectivity index (χ0n) is 13.9. The number of hydrogen-bond donors (Lipinski definition) is 2. The van der Waals surface area contributed by atoms with Gasteiger partial charge in [-0.3, -0.25) is 20.2 Å². The van der Waals surface area contributed by atoms with Gasteiger partial charge in [-0.1, -0.05) is 24.3 Å². The highest BCUT2D eigenvalue weighted by Gasteiger charge is 2.34. The zero-order chi connectivity index (χ0) is 18.8. The Morgan fingerprint density at radius 1 is 0.731 bits per heavy atom. The van der Waals surface area contributed by atoms with Crippen molar-refractivity contribution in [1.29, 1.82) is 0 Å². The van der Waals surface area contributed by atoms with Crippen LogP contribution in [0.25, 0.3) is 0 Å². The van der Waals surface area contributed by atoms with E-state index >= 15 is 0 Å². The van der Waals surface area contributed by atoms with Crippen molar-refractivity contribution in [3.05, 3.63) is 58.7 Å². The van der Waals surface area contributed by atoms with E-state index in [1.807, 2.05) is 0 Å². The summed E-state index contributed by atoms with van der Waals surface area (Å²) in [6.07, 6.45) is -1.58. The molecule has 0 saturated carbocycles. The van der Waals surface area contributed by atoms with Crippen molar-refractivity contribution in [3.63, 3.8) is 0 Å². The van der Waals surface area contributed by atoms with E-state index < -0.39 is 23.8 Å². The number of methoxy groups -OCH3 is 2. The molecule has 0 fully saturated rings. The van der Waals surface area contributed by atoms with Gasteiger partial charge in [0.05, 0.1) is 36.7 Å². The van der Waals surface area contributed by atoms with Gasteiger partial charge in [-0.15, -0.1) is 0 Å². The summed E-state index contributed by atoms with van der Waals surface area (Å²) in [5.41, 5.74) is 0.604. The van der Waals surface area contributed by atoms with E-state index in [0.29, 0.717) is 0 Å². The fourth-order valence-corrected chi connectivity index (χ4v) is 2.75. The first-order valence-corrected chi connectivity index (χ1v) is 7.53. The summed E-state index contributed by atoms with van der Waals surface area (Å²) in [6.45, 7) is 0. The molecular formula is C18H14N2O6. The molecule has 0 aliphatic heterocycles. The lowest BCUT2D eigenvalue weighted by Gasteiger charge is -2.22. The molecule has 0 saturated heterocycles. The van der Waals surface area contributed by atoms with Crippen molar-refractivity contribution in [2.75, 3.05) is 24.9 Å². The molecule has 8 nitrogen and oxygen atoms in total. The highest BCUT2D eigenvalue weighted by molar-refractivity contribution is 6.32. The molecular weight excluding hydrogens is 340 g/mol. The Morgan fingerprint density at radius 2 is 1.12 bits per heavy atom. The van der Waals surface area contributed by atoms with Gasteiger partial charge in [0.25, 0.3) is 0 Å². The third-order valence-corrected chi connectivity index (χ3v) is 3.92. The fraction of sp³-hybridized carbons (Fsp3) is 0.111. The van der Waals surface area contributed by atoms with Gasteiger partial charge in [-0.05, 0) is 12.1 Å².